The molecule has 0 bridgehead atoms. The zero-order chi connectivity index (χ0) is 20.8. The number of nitrogens with one attached hydrogen (secondary N) is 2. The Morgan fingerprint density at radius 1 is 1.17 bits per heavy atom. The van der Waals surface area contributed by atoms with Gasteiger partial charge in [0.15, 0.2) is 0 Å². The SMILES string of the molecule is Cc1ccc(C(F)(F)F)c(-c2cc3cnc(NC(=O)c4ncnn4C)cc3[nH]2)c1. The number of aromatic nitrogens is 5. The first-order valence-corrected chi connectivity index (χ1v) is 8.55. The fourth-order valence-corrected chi connectivity index (χ4v) is 3.04. The number of hydrogen-bond donors (Lipinski definition) is 2. The molecular formula is C19H15F3N6O. The van der Waals surface area contributed by atoms with Crippen molar-refractivity contribution >= 4 is 22.6 Å². The number of nitrogens with zero attached hydrogens (tertiary/aromatic N) is 4. The highest BCUT2D eigenvalue weighted by molar-refractivity contribution is 6.02. The van der Waals surface area contributed by atoms with Gasteiger partial charge in [-0.05, 0) is 25.1 Å². The summed E-state index contributed by atoms with van der Waals surface area (Å²) in [7, 11) is 1.58. The summed E-state index contributed by atoms with van der Waals surface area (Å²) < 4.78 is 41.5. The monoisotopic (exact) mass is 400 g/mol. The Balaban J connectivity index is 1.71. The number of benzene rings is 1. The lowest BCUT2D eigenvalue weighted by Gasteiger charge is -2.12. The summed E-state index contributed by atoms with van der Waals surface area (Å²) in [6.45, 7) is 1.73. The van der Waals surface area contributed by atoms with Crippen molar-refractivity contribution in [1.82, 2.24) is 24.7 Å². The number of carbonyl (C=O) groups excluding carboxylic acids is 1. The van der Waals surface area contributed by atoms with Gasteiger partial charge in [0.1, 0.15) is 12.1 Å². The van der Waals surface area contributed by atoms with Crippen LogP contribution >= 0.6 is 0 Å². The first-order chi connectivity index (χ1) is 13.7. The predicted molar refractivity (Wildman–Crippen MR) is 100 cm³/mol. The van der Waals surface area contributed by atoms with Gasteiger partial charge in [0.05, 0.1) is 11.1 Å². The maximum Gasteiger partial charge on any atom is 0.417 e. The fourth-order valence-electron chi connectivity index (χ4n) is 3.04. The zero-order valence-electron chi connectivity index (χ0n) is 15.4. The Kier molecular flexibility index (Phi) is 4.33. The highest BCUT2D eigenvalue weighted by atomic mass is 19.4. The number of amides is 1. The van der Waals surface area contributed by atoms with Crippen molar-refractivity contribution in [2.24, 2.45) is 7.05 Å². The Morgan fingerprint density at radius 3 is 2.66 bits per heavy atom. The number of aromatic amines is 1. The highest BCUT2D eigenvalue weighted by Gasteiger charge is 2.34. The van der Waals surface area contributed by atoms with Gasteiger partial charge in [-0.15, -0.1) is 0 Å². The van der Waals surface area contributed by atoms with Crippen molar-refractivity contribution in [3.05, 3.63) is 59.8 Å². The van der Waals surface area contributed by atoms with Crippen LogP contribution in [0.4, 0.5) is 19.0 Å². The lowest BCUT2D eigenvalue weighted by Crippen LogP contribution is -2.18. The molecule has 0 unspecified atom stereocenters. The van der Waals surface area contributed by atoms with Crippen molar-refractivity contribution in [1.29, 1.82) is 0 Å². The second-order valence-corrected chi connectivity index (χ2v) is 6.55. The van der Waals surface area contributed by atoms with Crippen molar-refractivity contribution in [2.75, 3.05) is 5.32 Å². The van der Waals surface area contributed by atoms with Crippen LogP contribution in [0.3, 0.4) is 0 Å². The largest absolute Gasteiger partial charge is 0.417 e. The maximum absolute atomic E-state index is 13.4. The van der Waals surface area contributed by atoms with E-state index in [-0.39, 0.29) is 17.2 Å². The highest BCUT2D eigenvalue weighted by Crippen LogP contribution is 2.38. The van der Waals surface area contributed by atoms with Gasteiger partial charge < -0.3 is 10.3 Å². The van der Waals surface area contributed by atoms with Crippen molar-refractivity contribution < 1.29 is 18.0 Å². The minimum absolute atomic E-state index is 0.0540. The second-order valence-electron chi connectivity index (χ2n) is 6.55. The molecule has 0 saturated heterocycles. The molecule has 0 aliphatic heterocycles. The van der Waals surface area contributed by atoms with E-state index in [0.717, 1.165) is 6.07 Å². The molecule has 0 atom stereocenters. The van der Waals surface area contributed by atoms with Gasteiger partial charge in [-0.2, -0.15) is 18.3 Å². The van der Waals surface area contributed by atoms with Gasteiger partial charge in [0.2, 0.25) is 5.82 Å². The molecular weight excluding hydrogens is 385 g/mol. The molecule has 3 heterocycles. The third-order valence-corrected chi connectivity index (χ3v) is 4.43. The number of fused-ring (bicyclic) bond motifs is 1. The number of halogens is 3. The molecule has 2 N–H and O–H groups in total. The van der Waals surface area contributed by atoms with E-state index in [1.165, 1.54) is 29.3 Å². The zero-order valence-corrected chi connectivity index (χ0v) is 15.4. The van der Waals surface area contributed by atoms with E-state index in [1.807, 2.05) is 0 Å². The van der Waals surface area contributed by atoms with Crippen LogP contribution in [0.5, 0.6) is 0 Å². The molecule has 0 aliphatic carbocycles. The van der Waals surface area contributed by atoms with Gasteiger partial charge in [0.25, 0.3) is 5.91 Å². The first-order valence-electron chi connectivity index (χ1n) is 8.55. The molecule has 148 valence electrons. The van der Waals surface area contributed by atoms with Crippen LogP contribution in [0.1, 0.15) is 21.7 Å². The lowest BCUT2D eigenvalue weighted by molar-refractivity contribution is -0.137. The van der Waals surface area contributed by atoms with E-state index in [9.17, 15) is 18.0 Å². The maximum atomic E-state index is 13.4. The van der Waals surface area contributed by atoms with Crippen molar-refractivity contribution in [2.45, 2.75) is 13.1 Å². The average molecular weight is 400 g/mol. The smallest absolute Gasteiger partial charge is 0.354 e. The van der Waals surface area contributed by atoms with Crippen molar-refractivity contribution in [3.8, 4) is 11.3 Å². The molecule has 3 aromatic heterocycles. The summed E-state index contributed by atoms with van der Waals surface area (Å²) in [6, 6.07) is 7.13. The number of alkyl halides is 3. The molecule has 29 heavy (non-hydrogen) atoms. The fraction of sp³-hybridized carbons (Fsp3) is 0.158. The van der Waals surface area contributed by atoms with E-state index < -0.39 is 17.6 Å². The van der Waals surface area contributed by atoms with Crippen LogP contribution in [0, 0.1) is 6.92 Å². The minimum Gasteiger partial charge on any atom is -0.354 e. The van der Waals surface area contributed by atoms with Gasteiger partial charge in [-0.3, -0.25) is 4.79 Å². The van der Waals surface area contributed by atoms with Crippen LogP contribution in [0.2, 0.25) is 0 Å². The van der Waals surface area contributed by atoms with Crippen LogP contribution < -0.4 is 5.32 Å². The van der Waals surface area contributed by atoms with Crippen LogP contribution in [0.15, 0.2) is 42.9 Å². The molecule has 1 aromatic carbocycles. The van der Waals surface area contributed by atoms with Gasteiger partial charge >= 0.3 is 6.18 Å². The van der Waals surface area contributed by atoms with E-state index >= 15 is 0 Å². The number of hydrogen-bond acceptors (Lipinski definition) is 4. The normalized spacial score (nSPS) is 11.8. The molecule has 0 spiro atoms. The predicted octanol–water partition coefficient (Wildman–Crippen LogP) is 3.94. The van der Waals surface area contributed by atoms with Gasteiger partial charge in [-0.25, -0.2) is 14.6 Å². The molecule has 4 rings (SSSR count). The number of carbonyl (C=O) groups is 1. The summed E-state index contributed by atoms with van der Waals surface area (Å²) in [5.74, 6) is -0.158. The molecule has 1 amide bonds. The first kappa shape index (κ1) is 18.7. The Morgan fingerprint density at radius 2 is 1.97 bits per heavy atom. The number of rotatable bonds is 3. The molecule has 0 aliphatic rings. The van der Waals surface area contributed by atoms with E-state index in [1.54, 1.807) is 26.1 Å². The molecule has 0 saturated carbocycles. The molecule has 7 nitrogen and oxygen atoms in total. The Bertz CT molecular complexity index is 1220. The van der Waals surface area contributed by atoms with E-state index in [4.69, 9.17) is 0 Å². The molecule has 10 heteroatoms. The van der Waals surface area contributed by atoms with Crippen molar-refractivity contribution in [3.63, 3.8) is 0 Å². The third-order valence-electron chi connectivity index (χ3n) is 4.43. The summed E-state index contributed by atoms with van der Waals surface area (Å²) >= 11 is 0. The summed E-state index contributed by atoms with van der Waals surface area (Å²) in [4.78, 5) is 23.2. The topological polar surface area (TPSA) is 88.5 Å². The van der Waals surface area contributed by atoms with Crippen LogP contribution in [-0.4, -0.2) is 30.6 Å². The van der Waals surface area contributed by atoms with E-state index in [2.05, 4.69) is 25.4 Å². The van der Waals surface area contributed by atoms with Gasteiger partial charge in [0, 0.05) is 36.0 Å². The van der Waals surface area contributed by atoms with E-state index in [0.29, 0.717) is 22.2 Å². The van der Waals surface area contributed by atoms with Gasteiger partial charge in [-0.1, -0.05) is 11.6 Å². The standard InChI is InChI=1S/C19H15F3N6O/c1-10-3-4-13(19(20,21)22)12(5-10)15-6-11-8-23-16(7-14(11)26-15)27-18(29)17-24-9-25-28(17)2/h3-9,26H,1-2H3,(H,23,27,29). The Labute approximate surface area is 162 Å². The summed E-state index contributed by atoms with van der Waals surface area (Å²) in [5, 5.41) is 7.04. The number of aryl methyl sites for hydroxylation is 2. The Hall–Kier alpha value is -3.69. The molecule has 0 fully saturated rings. The van der Waals surface area contributed by atoms with Crippen LogP contribution in [0.25, 0.3) is 22.2 Å². The van der Waals surface area contributed by atoms with Crippen LogP contribution in [-0.2, 0) is 13.2 Å². The quantitative estimate of drug-likeness (QED) is 0.545. The molecule has 0 radical (unpaired) electrons. The minimum atomic E-state index is -4.48. The molecule has 4 aromatic rings. The lowest BCUT2D eigenvalue weighted by atomic mass is 10.0. The number of H-pyrrole nitrogens is 1. The summed E-state index contributed by atoms with van der Waals surface area (Å²) in [6.07, 6.45) is -1.75. The third kappa shape index (κ3) is 3.56. The number of anilines is 1. The number of pyridine rings is 1. The summed E-state index contributed by atoms with van der Waals surface area (Å²) in [5.41, 5.74) is 0.894. The second kappa shape index (κ2) is 6.73. The average Bonchev–Trinajstić information content (AvgIpc) is 3.26.